The van der Waals surface area contributed by atoms with Gasteiger partial charge < -0.3 is 10.6 Å². The predicted molar refractivity (Wildman–Crippen MR) is 85.6 cm³/mol. The molecule has 1 aromatic heterocycles. The van der Waals surface area contributed by atoms with Gasteiger partial charge in [-0.15, -0.1) is 0 Å². The van der Waals surface area contributed by atoms with E-state index in [1.807, 2.05) is 4.90 Å². The molecule has 0 atom stereocenters. The maximum atomic E-state index is 13.1. The Morgan fingerprint density at radius 2 is 2.15 bits per heavy atom. The monoisotopic (exact) mass is 308 g/mol. The maximum absolute atomic E-state index is 13.1. The fourth-order valence-corrected chi connectivity index (χ4v) is 4.10. The van der Waals surface area contributed by atoms with Crippen LogP contribution in [0.1, 0.15) is 44.1 Å². The average molecular weight is 308 g/mol. The molecule has 1 heterocycles. The van der Waals surface area contributed by atoms with Gasteiger partial charge in [-0.05, 0) is 48.1 Å². The molecule has 20 heavy (non-hydrogen) atoms. The first-order valence-electron chi connectivity index (χ1n) is 7.25. The molecule has 2 saturated carbocycles. The summed E-state index contributed by atoms with van der Waals surface area (Å²) in [5, 5.41) is 4.18. The van der Waals surface area contributed by atoms with Crippen molar-refractivity contribution in [1.82, 2.24) is 4.90 Å². The van der Waals surface area contributed by atoms with Crippen LogP contribution in [0.4, 0.5) is 0 Å². The number of nitrogens with zero attached hydrogens (tertiary/aromatic N) is 1. The van der Waals surface area contributed by atoms with E-state index in [9.17, 15) is 4.79 Å². The van der Waals surface area contributed by atoms with Crippen LogP contribution in [0.5, 0.6) is 0 Å². The van der Waals surface area contributed by atoms with Crippen LogP contribution in [0.15, 0.2) is 16.8 Å². The molecule has 0 radical (unpaired) electrons. The van der Waals surface area contributed by atoms with E-state index in [-0.39, 0.29) is 5.91 Å². The minimum atomic E-state index is -0.562. The third-order valence-electron chi connectivity index (χ3n) is 4.52. The average Bonchev–Trinajstić information content (AvgIpc) is 2.95. The van der Waals surface area contributed by atoms with E-state index < -0.39 is 5.41 Å². The molecule has 2 fully saturated rings. The molecule has 3 nitrogen and oxygen atoms in total. The van der Waals surface area contributed by atoms with Crippen LogP contribution < -0.4 is 5.73 Å². The summed E-state index contributed by atoms with van der Waals surface area (Å²) in [7, 11) is 0. The number of thiophene rings is 1. The van der Waals surface area contributed by atoms with Crippen LogP contribution in [-0.2, 0) is 11.3 Å². The molecule has 0 unspecified atom stereocenters. The molecule has 5 heteroatoms. The first-order valence-corrected chi connectivity index (χ1v) is 8.61. The summed E-state index contributed by atoms with van der Waals surface area (Å²) in [6.07, 6.45) is 5.99. The summed E-state index contributed by atoms with van der Waals surface area (Å²) in [6.45, 7) is 0.706. The fourth-order valence-electron chi connectivity index (χ4n) is 3.15. The van der Waals surface area contributed by atoms with Gasteiger partial charge in [0.2, 0.25) is 5.91 Å². The second-order valence-corrected chi connectivity index (χ2v) is 7.17. The van der Waals surface area contributed by atoms with Crippen LogP contribution in [0.3, 0.4) is 0 Å². The molecule has 0 aliphatic heterocycles. The van der Waals surface area contributed by atoms with Crippen molar-refractivity contribution in [3.05, 3.63) is 22.4 Å². The Morgan fingerprint density at radius 1 is 1.45 bits per heavy atom. The molecule has 0 bridgehead atoms. The smallest absolute Gasteiger partial charge is 0.236 e. The molecule has 108 valence electrons. The number of nitrogens with two attached hydrogens (primary N) is 1. The lowest BCUT2D eigenvalue weighted by molar-refractivity contribution is -0.139. The third kappa shape index (κ3) is 2.49. The lowest BCUT2D eigenvalue weighted by atomic mass is 9.84. The van der Waals surface area contributed by atoms with Crippen molar-refractivity contribution in [3.63, 3.8) is 0 Å². The highest BCUT2D eigenvalue weighted by atomic mass is 32.1. The van der Waals surface area contributed by atoms with Crippen molar-refractivity contribution < 1.29 is 4.79 Å². The van der Waals surface area contributed by atoms with Gasteiger partial charge in [0.15, 0.2) is 0 Å². The number of rotatable bonds is 5. The highest BCUT2D eigenvalue weighted by Gasteiger charge is 2.48. The zero-order chi connectivity index (χ0) is 14.2. The van der Waals surface area contributed by atoms with E-state index in [4.69, 9.17) is 18.0 Å². The van der Waals surface area contributed by atoms with Gasteiger partial charge >= 0.3 is 0 Å². The number of carbonyl (C=O) groups is 1. The summed E-state index contributed by atoms with van der Waals surface area (Å²) >= 11 is 6.92. The lowest BCUT2D eigenvalue weighted by Crippen LogP contribution is -2.49. The topological polar surface area (TPSA) is 46.3 Å². The minimum Gasteiger partial charge on any atom is -0.392 e. The third-order valence-corrected chi connectivity index (χ3v) is 5.64. The molecule has 0 spiro atoms. The molecule has 2 N–H and O–H groups in total. The van der Waals surface area contributed by atoms with Gasteiger partial charge in [0.25, 0.3) is 0 Å². The van der Waals surface area contributed by atoms with Gasteiger partial charge in [-0.1, -0.05) is 25.1 Å². The van der Waals surface area contributed by atoms with Crippen molar-refractivity contribution in [3.8, 4) is 0 Å². The molecular formula is C15H20N2OS2. The summed E-state index contributed by atoms with van der Waals surface area (Å²) in [5.74, 6) is 0.177. The standard InChI is InChI=1S/C15H20N2OS2/c16-13(19)15(6-1-2-7-15)14(18)17(12-3-4-12)9-11-5-8-20-10-11/h5,8,10,12H,1-4,6-7,9H2,(H2,16,19). The summed E-state index contributed by atoms with van der Waals surface area (Å²) in [6, 6.07) is 2.49. The Bertz CT molecular complexity index is 502. The first-order chi connectivity index (χ1) is 9.63. The summed E-state index contributed by atoms with van der Waals surface area (Å²) in [4.78, 5) is 15.5. The van der Waals surface area contributed by atoms with Crippen molar-refractivity contribution in [2.24, 2.45) is 11.1 Å². The Kier molecular flexibility index (Phi) is 3.82. The Hall–Kier alpha value is -0.940. The number of carbonyl (C=O) groups excluding carboxylic acids is 1. The van der Waals surface area contributed by atoms with E-state index in [2.05, 4.69) is 16.8 Å². The van der Waals surface area contributed by atoms with Crippen LogP contribution in [0.2, 0.25) is 0 Å². The molecule has 0 aromatic carbocycles. The molecule has 3 rings (SSSR count). The van der Waals surface area contributed by atoms with E-state index in [1.54, 1.807) is 11.3 Å². The van der Waals surface area contributed by atoms with E-state index in [0.29, 0.717) is 17.6 Å². The van der Waals surface area contributed by atoms with Gasteiger partial charge in [-0.2, -0.15) is 11.3 Å². The Balaban J connectivity index is 1.83. The van der Waals surface area contributed by atoms with Gasteiger partial charge in [0, 0.05) is 12.6 Å². The zero-order valence-electron chi connectivity index (χ0n) is 11.5. The van der Waals surface area contributed by atoms with Crippen LogP contribution >= 0.6 is 23.6 Å². The minimum absolute atomic E-state index is 0.177. The molecule has 1 amide bonds. The van der Waals surface area contributed by atoms with Crippen molar-refractivity contribution in [1.29, 1.82) is 0 Å². The molecule has 1 aromatic rings. The SMILES string of the molecule is NC(=S)C1(C(=O)N(Cc2ccsc2)C2CC2)CCCC1. The van der Waals surface area contributed by atoms with E-state index in [0.717, 1.165) is 38.5 Å². The second kappa shape index (κ2) is 5.45. The Labute approximate surface area is 129 Å². The maximum Gasteiger partial charge on any atom is 0.236 e. The highest BCUT2D eigenvalue weighted by molar-refractivity contribution is 7.80. The van der Waals surface area contributed by atoms with Crippen LogP contribution in [0.25, 0.3) is 0 Å². The van der Waals surface area contributed by atoms with E-state index in [1.165, 1.54) is 5.56 Å². The Morgan fingerprint density at radius 3 is 2.65 bits per heavy atom. The molecule has 2 aliphatic carbocycles. The van der Waals surface area contributed by atoms with Gasteiger partial charge in [0.05, 0.1) is 10.4 Å². The number of amides is 1. The summed E-state index contributed by atoms with van der Waals surface area (Å²) in [5.41, 5.74) is 6.60. The second-order valence-electron chi connectivity index (χ2n) is 5.95. The molecule has 0 saturated heterocycles. The summed E-state index contributed by atoms with van der Waals surface area (Å²) < 4.78 is 0. The molecular weight excluding hydrogens is 288 g/mol. The number of thiocarbonyl (C=S) groups is 1. The lowest BCUT2D eigenvalue weighted by Gasteiger charge is -2.33. The zero-order valence-corrected chi connectivity index (χ0v) is 13.1. The van der Waals surface area contributed by atoms with Gasteiger partial charge in [0.1, 0.15) is 0 Å². The first kappa shape index (κ1) is 14.0. The fraction of sp³-hybridized carbons (Fsp3) is 0.600. The van der Waals surface area contributed by atoms with Crippen LogP contribution in [-0.4, -0.2) is 21.8 Å². The van der Waals surface area contributed by atoms with Crippen LogP contribution in [0, 0.1) is 5.41 Å². The van der Waals surface area contributed by atoms with E-state index >= 15 is 0 Å². The highest BCUT2D eigenvalue weighted by Crippen LogP contribution is 2.43. The van der Waals surface area contributed by atoms with Crippen molar-refractivity contribution in [2.45, 2.75) is 51.1 Å². The van der Waals surface area contributed by atoms with Crippen molar-refractivity contribution >= 4 is 34.5 Å². The largest absolute Gasteiger partial charge is 0.392 e. The normalized spacial score (nSPS) is 20.8. The van der Waals surface area contributed by atoms with Gasteiger partial charge in [-0.25, -0.2) is 0 Å². The molecule has 2 aliphatic rings. The van der Waals surface area contributed by atoms with Crippen molar-refractivity contribution in [2.75, 3.05) is 0 Å². The van der Waals surface area contributed by atoms with Gasteiger partial charge in [-0.3, -0.25) is 4.79 Å². The quantitative estimate of drug-likeness (QED) is 0.850. The number of hydrogen-bond donors (Lipinski definition) is 1. The number of hydrogen-bond acceptors (Lipinski definition) is 3. The predicted octanol–water partition coefficient (Wildman–Crippen LogP) is 3.09.